The van der Waals surface area contributed by atoms with Crippen LogP contribution in [-0.2, 0) is 13.0 Å². The van der Waals surface area contributed by atoms with Crippen molar-refractivity contribution in [1.29, 1.82) is 0 Å². The standard InChI is InChI=1S/C18H27N3/c1-6-17(19)10-18-14(4)20-21(15(18)5)11-16-8-7-12(2)13(3)9-16/h7-9,17H,6,10-11,19H2,1-5H3. The number of hydrogen-bond donors (Lipinski definition) is 1. The van der Waals surface area contributed by atoms with E-state index < -0.39 is 0 Å². The van der Waals surface area contributed by atoms with Gasteiger partial charge in [-0.3, -0.25) is 4.68 Å². The molecule has 0 spiro atoms. The van der Waals surface area contributed by atoms with Crippen molar-refractivity contribution >= 4 is 0 Å². The Morgan fingerprint density at radius 3 is 2.48 bits per heavy atom. The van der Waals surface area contributed by atoms with Gasteiger partial charge in [0.15, 0.2) is 0 Å². The molecule has 0 fully saturated rings. The highest BCUT2D eigenvalue weighted by molar-refractivity contribution is 5.31. The van der Waals surface area contributed by atoms with E-state index in [4.69, 9.17) is 10.8 Å². The van der Waals surface area contributed by atoms with Crippen LogP contribution in [0.25, 0.3) is 0 Å². The summed E-state index contributed by atoms with van der Waals surface area (Å²) in [7, 11) is 0. The molecule has 2 N–H and O–H groups in total. The lowest BCUT2D eigenvalue weighted by Crippen LogP contribution is -2.22. The number of aromatic nitrogens is 2. The monoisotopic (exact) mass is 285 g/mol. The van der Waals surface area contributed by atoms with E-state index in [9.17, 15) is 0 Å². The van der Waals surface area contributed by atoms with E-state index >= 15 is 0 Å². The van der Waals surface area contributed by atoms with Gasteiger partial charge in [-0.05, 0) is 62.8 Å². The molecular formula is C18H27N3. The van der Waals surface area contributed by atoms with Crippen LogP contribution >= 0.6 is 0 Å². The lowest BCUT2D eigenvalue weighted by Gasteiger charge is -2.10. The van der Waals surface area contributed by atoms with Gasteiger partial charge in [0.1, 0.15) is 0 Å². The van der Waals surface area contributed by atoms with Crippen molar-refractivity contribution in [3.8, 4) is 0 Å². The van der Waals surface area contributed by atoms with Gasteiger partial charge in [-0.25, -0.2) is 0 Å². The number of rotatable bonds is 5. The Morgan fingerprint density at radius 1 is 1.14 bits per heavy atom. The number of benzene rings is 1. The normalized spacial score (nSPS) is 12.7. The van der Waals surface area contributed by atoms with Crippen LogP contribution in [-0.4, -0.2) is 15.8 Å². The fraction of sp³-hybridized carbons (Fsp3) is 0.500. The fourth-order valence-electron chi connectivity index (χ4n) is 2.66. The van der Waals surface area contributed by atoms with E-state index in [-0.39, 0.29) is 6.04 Å². The molecule has 2 rings (SSSR count). The van der Waals surface area contributed by atoms with Crippen molar-refractivity contribution in [2.45, 2.75) is 60.0 Å². The molecule has 2 aromatic rings. The van der Waals surface area contributed by atoms with Gasteiger partial charge in [0.2, 0.25) is 0 Å². The Morgan fingerprint density at radius 2 is 1.86 bits per heavy atom. The lowest BCUT2D eigenvalue weighted by atomic mass is 10.0. The highest BCUT2D eigenvalue weighted by atomic mass is 15.3. The van der Waals surface area contributed by atoms with Crippen molar-refractivity contribution < 1.29 is 0 Å². The fourth-order valence-corrected chi connectivity index (χ4v) is 2.66. The van der Waals surface area contributed by atoms with E-state index in [0.717, 1.165) is 25.1 Å². The van der Waals surface area contributed by atoms with Gasteiger partial charge in [0.25, 0.3) is 0 Å². The minimum Gasteiger partial charge on any atom is -0.327 e. The molecule has 1 aromatic carbocycles. The van der Waals surface area contributed by atoms with Crippen molar-refractivity contribution in [2.75, 3.05) is 0 Å². The predicted molar refractivity (Wildman–Crippen MR) is 88.7 cm³/mol. The average Bonchev–Trinajstić information content (AvgIpc) is 2.70. The lowest BCUT2D eigenvalue weighted by molar-refractivity contribution is 0.635. The highest BCUT2D eigenvalue weighted by Gasteiger charge is 2.14. The summed E-state index contributed by atoms with van der Waals surface area (Å²) in [6, 6.07) is 6.85. The average molecular weight is 285 g/mol. The third kappa shape index (κ3) is 3.53. The molecular weight excluding hydrogens is 258 g/mol. The van der Waals surface area contributed by atoms with Crippen molar-refractivity contribution in [3.05, 3.63) is 51.8 Å². The zero-order valence-electron chi connectivity index (χ0n) is 13.9. The summed E-state index contributed by atoms with van der Waals surface area (Å²) < 4.78 is 2.11. The largest absolute Gasteiger partial charge is 0.327 e. The smallest absolute Gasteiger partial charge is 0.0662 e. The summed E-state index contributed by atoms with van der Waals surface area (Å²) >= 11 is 0. The third-order valence-corrected chi connectivity index (χ3v) is 4.43. The predicted octanol–water partition coefficient (Wildman–Crippen LogP) is 3.44. The molecule has 21 heavy (non-hydrogen) atoms. The van der Waals surface area contributed by atoms with Gasteiger partial charge in [-0.2, -0.15) is 5.10 Å². The molecule has 0 aliphatic carbocycles. The SMILES string of the molecule is CCC(N)Cc1c(C)nn(Cc2ccc(C)c(C)c2)c1C. The summed E-state index contributed by atoms with van der Waals surface area (Å²) in [5.74, 6) is 0. The van der Waals surface area contributed by atoms with Crippen LogP contribution in [0, 0.1) is 27.7 Å². The summed E-state index contributed by atoms with van der Waals surface area (Å²) in [5, 5.41) is 4.71. The Bertz CT molecular complexity index is 626. The van der Waals surface area contributed by atoms with Gasteiger partial charge < -0.3 is 5.73 Å². The van der Waals surface area contributed by atoms with Crippen LogP contribution in [0.4, 0.5) is 0 Å². The molecule has 1 aromatic heterocycles. The number of nitrogens with two attached hydrogens (primary N) is 1. The van der Waals surface area contributed by atoms with Gasteiger partial charge >= 0.3 is 0 Å². The quantitative estimate of drug-likeness (QED) is 0.914. The van der Waals surface area contributed by atoms with E-state index in [1.165, 1.54) is 27.9 Å². The molecule has 0 aliphatic rings. The van der Waals surface area contributed by atoms with Crippen molar-refractivity contribution in [3.63, 3.8) is 0 Å². The van der Waals surface area contributed by atoms with Crippen LogP contribution in [0.3, 0.4) is 0 Å². The Kier molecular flexibility index (Phi) is 4.84. The second kappa shape index (κ2) is 6.44. The van der Waals surface area contributed by atoms with E-state index in [0.29, 0.717) is 0 Å². The molecule has 0 saturated heterocycles. The summed E-state index contributed by atoms with van der Waals surface area (Å²) in [6.45, 7) is 11.5. The van der Waals surface area contributed by atoms with Crippen molar-refractivity contribution in [2.24, 2.45) is 5.73 Å². The topological polar surface area (TPSA) is 43.8 Å². The van der Waals surface area contributed by atoms with Gasteiger partial charge in [-0.15, -0.1) is 0 Å². The Hall–Kier alpha value is -1.61. The zero-order valence-corrected chi connectivity index (χ0v) is 13.9. The minimum absolute atomic E-state index is 0.224. The van der Waals surface area contributed by atoms with Crippen molar-refractivity contribution in [1.82, 2.24) is 9.78 Å². The molecule has 0 radical (unpaired) electrons. The van der Waals surface area contributed by atoms with Crippen LogP contribution in [0.1, 0.15) is 47.0 Å². The van der Waals surface area contributed by atoms with Crippen LogP contribution < -0.4 is 5.73 Å². The van der Waals surface area contributed by atoms with Crippen LogP contribution in [0.15, 0.2) is 18.2 Å². The van der Waals surface area contributed by atoms with Gasteiger partial charge in [-0.1, -0.05) is 25.1 Å². The first-order chi connectivity index (χ1) is 9.92. The highest BCUT2D eigenvalue weighted by Crippen LogP contribution is 2.18. The summed E-state index contributed by atoms with van der Waals surface area (Å²) in [5.41, 5.74) is 13.7. The Balaban J connectivity index is 2.24. The molecule has 1 unspecified atom stereocenters. The van der Waals surface area contributed by atoms with Gasteiger partial charge in [0.05, 0.1) is 12.2 Å². The molecule has 0 amide bonds. The van der Waals surface area contributed by atoms with Gasteiger partial charge in [0, 0.05) is 11.7 Å². The maximum absolute atomic E-state index is 6.10. The molecule has 0 bridgehead atoms. The number of hydrogen-bond acceptors (Lipinski definition) is 2. The first-order valence-electron chi connectivity index (χ1n) is 7.77. The Labute approximate surface area is 128 Å². The first kappa shape index (κ1) is 15.8. The second-order valence-corrected chi connectivity index (χ2v) is 6.10. The molecule has 3 nitrogen and oxygen atoms in total. The van der Waals surface area contributed by atoms with Crippen LogP contribution in [0.2, 0.25) is 0 Å². The summed E-state index contributed by atoms with van der Waals surface area (Å²) in [4.78, 5) is 0. The number of nitrogens with zero attached hydrogens (tertiary/aromatic N) is 2. The summed E-state index contributed by atoms with van der Waals surface area (Å²) in [6.07, 6.45) is 1.92. The molecule has 0 aliphatic heterocycles. The van der Waals surface area contributed by atoms with E-state index in [1.807, 2.05) is 0 Å². The molecule has 114 valence electrons. The minimum atomic E-state index is 0.224. The molecule has 3 heteroatoms. The zero-order chi connectivity index (χ0) is 15.6. The molecule has 1 heterocycles. The third-order valence-electron chi connectivity index (χ3n) is 4.43. The van der Waals surface area contributed by atoms with Crippen LogP contribution in [0.5, 0.6) is 0 Å². The first-order valence-corrected chi connectivity index (χ1v) is 7.77. The number of aryl methyl sites for hydroxylation is 3. The maximum atomic E-state index is 6.10. The van der Waals surface area contributed by atoms with E-state index in [1.54, 1.807) is 0 Å². The molecule has 1 atom stereocenters. The molecule has 0 saturated carbocycles. The van der Waals surface area contributed by atoms with E-state index in [2.05, 4.69) is 57.5 Å². The maximum Gasteiger partial charge on any atom is 0.0662 e. The second-order valence-electron chi connectivity index (χ2n) is 6.10.